The molecule has 0 atom stereocenters. The van der Waals surface area contributed by atoms with Crippen molar-refractivity contribution in [1.82, 2.24) is 0 Å². The number of carbonyl (C=O) groups excluding carboxylic acids is 1. The third-order valence-electron chi connectivity index (χ3n) is 2.26. The van der Waals surface area contributed by atoms with E-state index in [2.05, 4.69) is 5.32 Å². The molecular weight excluding hydrogens is 240 g/mol. The van der Waals surface area contributed by atoms with Gasteiger partial charge >= 0.3 is 5.97 Å². The number of nitrogens with zero attached hydrogens (tertiary/aromatic N) is 1. The molecule has 0 aliphatic heterocycles. The summed E-state index contributed by atoms with van der Waals surface area (Å²) in [6.45, 7) is 1.78. The van der Waals surface area contributed by atoms with E-state index >= 15 is 0 Å². The molecule has 0 saturated heterocycles. The number of amides is 1. The first-order valence-electron chi connectivity index (χ1n) is 5.23. The molecule has 0 spiro atoms. The molecule has 1 rings (SSSR count). The molecule has 1 aromatic carbocycles. The molecule has 0 saturated carbocycles. The second-order valence-electron chi connectivity index (χ2n) is 3.57. The number of carbonyl (C=O) groups is 2. The summed E-state index contributed by atoms with van der Waals surface area (Å²) in [6, 6.07) is 4.26. The number of hydrogen-bond acceptors (Lipinski definition) is 4. The van der Waals surface area contributed by atoms with E-state index in [1.807, 2.05) is 0 Å². The molecule has 0 aromatic heterocycles. The van der Waals surface area contributed by atoms with Crippen LogP contribution in [0, 0.1) is 10.1 Å². The molecular formula is C11H12N2O5. The van der Waals surface area contributed by atoms with Crippen molar-refractivity contribution in [2.24, 2.45) is 0 Å². The lowest BCUT2D eigenvalue weighted by Crippen LogP contribution is -2.16. The van der Waals surface area contributed by atoms with Gasteiger partial charge in [0.1, 0.15) is 6.42 Å². The monoisotopic (exact) mass is 252 g/mol. The third-order valence-corrected chi connectivity index (χ3v) is 2.26. The fourth-order valence-electron chi connectivity index (χ4n) is 1.45. The molecule has 18 heavy (non-hydrogen) atoms. The molecule has 96 valence electrons. The number of carboxylic acid groups (broad SMARTS) is 1. The first-order chi connectivity index (χ1) is 8.43. The van der Waals surface area contributed by atoms with Gasteiger partial charge in [0.05, 0.1) is 4.92 Å². The van der Waals surface area contributed by atoms with Crippen LogP contribution >= 0.6 is 0 Å². The van der Waals surface area contributed by atoms with E-state index in [-0.39, 0.29) is 11.4 Å². The fourth-order valence-corrected chi connectivity index (χ4v) is 1.45. The summed E-state index contributed by atoms with van der Waals surface area (Å²) in [5, 5.41) is 21.5. The van der Waals surface area contributed by atoms with Crippen LogP contribution < -0.4 is 5.32 Å². The third kappa shape index (κ3) is 3.55. The fraction of sp³-hybridized carbons (Fsp3) is 0.273. The predicted molar refractivity (Wildman–Crippen MR) is 63.4 cm³/mol. The van der Waals surface area contributed by atoms with Crippen LogP contribution in [0.15, 0.2) is 18.2 Å². The standard InChI is InChI=1S/C11H12N2O5/c1-2-7-3-4-8(5-9(7)13(17)18)12-10(14)6-11(15)16/h3-5H,2,6H2,1H3,(H,12,14)(H,15,16). The number of aryl methyl sites for hydroxylation is 1. The van der Waals surface area contributed by atoms with Crippen molar-refractivity contribution in [2.45, 2.75) is 19.8 Å². The van der Waals surface area contributed by atoms with Gasteiger partial charge < -0.3 is 10.4 Å². The summed E-state index contributed by atoms with van der Waals surface area (Å²) in [6.07, 6.45) is -0.178. The maximum Gasteiger partial charge on any atom is 0.312 e. The Kier molecular flexibility index (Phi) is 4.36. The lowest BCUT2D eigenvalue weighted by molar-refractivity contribution is -0.385. The number of nitro benzene ring substituents is 1. The van der Waals surface area contributed by atoms with Crippen LogP contribution in [0.1, 0.15) is 18.9 Å². The van der Waals surface area contributed by atoms with Gasteiger partial charge in [-0.25, -0.2) is 0 Å². The molecule has 1 aromatic rings. The van der Waals surface area contributed by atoms with Gasteiger partial charge in [0.25, 0.3) is 5.69 Å². The number of aliphatic carboxylic acids is 1. The van der Waals surface area contributed by atoms with Gasteiger partial charge in [-0.2, -0.15) is 0 Å². The molecule has 0 aliphatic carbocycles. The van der Waals surface area contributed by atoms with Crippen LogP contribution in [-0.2, 0) is 16.0 Å². The van der Waals surface area contributed by atoms with E-state index < -0.39 is 23.2 Å². The van der Waals surface area contributed by atoms with Crippen molar-refractivity contribution in [1.29, 1.82) is 0 Å². The smallest absolute Gasteiger partial charge is 0.312 e. The van der Waals surface area contributed by atoms with Crippen molar-refractivity contribution in [3.05, 3.63) is 33.9 Å². The maximum absolute atomic E-state index is 11.2. The maximum atomic E-state index is 11.2. The highest BCUT2D eigenvalue weighted by molar-refractivity contribution is 6.01. The molecule has 7 nitrogen and oxygen atoms in total. The first-order valence-corrected chi connectivity index (χ1v) is 5.23. The Hall–Kier alpha value is -2.44. The predicted octanol–water partition coefficient (Wildman–Crippen LogP) is 1.57. The highest BCUT2D eigenvalue weighted by Gasteiger charge is 2.14. The van der Waals surface area contributed by atoms with Crippen LogP contribution in [0.5, 0.6) is 0 Å². The van der Waals surface area contributed by atoms with Crippen molar-refractivity contribution in [3.8, 4) is 0 Å². The number of rotatable bonds is 5. The van der Waals surface area contributed by atoms with Crippen LogP contribution in [0.4, 0.5) is 11.4 Å². The molecule has 0 radical (unpaired) electrons. The number of nitro groups is 1. The number of carboxylic acids is 1. The molecule has 0 aliphatic rings. The molecule has 2 N–H and O–H groups in total. The topological polar surface area (TPSA) is 110 Å². The summed E-state index contributed by atoms with van der Waals surface area (Å²) in [5.41, 5.74) is 0.673. The Morgan fingerprint density at radius 1 is 1.44 bits per heavy atom. The highest BCUT2D eigenvalue weighted by Crippen LogP contribution is 2.23. The Labute approximate surface area is 103 Å². The summed E-state index contributed by atoms with van der Waals surface area (Å²) < 4.78 is 0. The quantitative estimate of drug-likeness (QED) is 0.469. The molecule has 0 unspecified atom stereocenters. The van der Waals surface area contributed by atoms with E-state index in [9.17, 15) is 19.7 Å². The van der Waals surface area contributed by atoms with E-state index in [0.717, 1.165) is 0 Å². The van der Waals surface area contributed by atoms with Crippen LogP contribution in [0.25, 0.3) is 0 Å². The zero-order valence-electron chi connectivity index (χ0n) is 9.67. The Morgan fingerprint density at radius 2 is 2.11 bits per heavy atom. The number of anilines is 1. The minimum Gasteiger partial charge on any atom is -0.481 e. The van der Waals surface area contributed by atoms with Crippen LogP contribution in [0.2, 0.25) is 0 Å². The average Bonchev–Trinajstić information content (AvgIpc) is 2.27. The number of nitrogens with one attached hydrogen (secondary N) is 1. The van der Waals surface area contributed by atoms with Gasteiger partial charge in [-0.1, -0.05) is 13.0 Å². The second kappa shape index (κ2) is 5.76. The van der Waals surface area contributed by atoms with Gasteiger partial charge in [-0.3, -0.25) is 19.7 Å². The summed E-state index contributed by atoms with van der Waals surface area (Å²) >= 11 is 0. The lowest BCUT2D eigenvalue weighted by atomic mass is 10.1. The van der Waals surface area contributed by atoms with E-state index in [4.69, 9.17) is 5.11 Å². The summed E-state index contributed by atoms with van der Waals surface area (Å²) in [5.74, 6) is -1.98. The number of hydrogen-bond donors (Lipinski definition) is 2. The molecule has 1 amide bonds. The Morgan fingerprint density at radius 3 is 2.61 bits per heavy atom. The number of benzene rings is 1. The molecule has 7 heteroatoms. The first kappa shape index (κ1) is 13.6. The van der Waals surface area contributed by atoms with Crippen molar-refractivity contribution in [2.75, 3.05) is 5.32 Å². The minimum absolute atomic E-state index is 0.0920. The van der Waals surface area contributed by atoms with Crippen LogP contribution in [0.3, 0.4) is 0 Å². The van der Waals surface area contributed by atoms with Gasteiger partial charge in [0.15, 0.2) is 0 Å². The largest absolute Gasteiger partial charge is 0.481 e. The van der Waals surface area contributed by atoms with Gasteiger partial charge in [-0.05, 0) is 12.5 Å². The van der Waals surface area contributed by atoms with E-state index in [1.165, 1.54) is 18.2 Å². The van der Waals surface area contributed by atoms with E-state index in [1.54, 1.807) is 6.92 Å². The van der Waals surface area contributed by atoms with Gasteiger partial charge in [0.2, 0.25) is 5.91 Å². The summed E-state index contributed by atoms with van der Waals surface area (Å²) in [7, 11) is 0. The second-order valence-corrected chi connectivity index (χ2v) is 3.57. The van der Waals surface area contributed by atoms with Crippen LogP contribution in [-0.4, -0.2) is 21.9 Å². The van der Waals surface area contributed by atoms with Crippen molar-refractivity contribution < 1.29 is 19.6 Å². The normalized spacial score (nSPS) is 9.83. The van der Waals surface area contributed by atoms with Gasteiger partial charge in [0, 0.05) is 17.3 Å². The molecule has 0 heterocycles. The average molecular weight is 252 g/mol. The summed E-state index contributed by atoms with van der Waals surface area (Å²) in [4.78, 5) is 31.8. The zero-order chi connectivity index (χ0) is 13.7. The van der Waals surface area contributed by atoms with Crippen molar-refractivity contribution in [3.63, 3.8) is 0 Å². The Bertz CT molecular complexity index is 498. The minimum atomic E-state index is -1.26. The zero-order valence-corrected chi connectivity index (χ0v) is 9.67. The van der Waals surface area contributed by atoms with Crippen molar-refractivity contribution >= 4 is 23.3 Å². The molecule has 0 fully saturated rings. The highest BCUT2D eigenvalue weighted by atomic mass is 16.6. The Balaban J connectivity index is 2.91. The van der Waals surface area contributed by atoms with E-state index in [0.29, 0.717) is 12.0 Å². The SMILES string of the molecule is CCc1ccc(NC(=O)CC(=O)O)cc1[N+](=O)[O-]. The van der Waals surface area contributed by atoms with Gasteiger partial charge in [-0.15, -0.1) is 0 Å². The molecule has 0 bridgehead atoms. The lowest BCUT2D eigenvalue weighted by Gasteiger charge is -2.05.